The Labute approximate surface area is 133 Å². The van der Waals surface area contributed by atoms with E-state index in [2.05, 4.69) is 19.9 Å². The minimum absolute atomic E-state index is 0.00350. The highest BCUT2D eigenvalue weighted by molar-refractivity contribution is 5.25. The van der Waals surface area contributed by atoms with Crippen LogP contribution in [0.15, 0.2) is 11.6 Å². The van der Waals surface area contributed by atoms with E-state index in [0.717, 1.165) is 32.1 Å². The van der Waals surface area contributed by atoms with Gasteiger partial charge in [0.1, 0.15) is 6.17 Å². The maximum Gasteiger partial charge on any atom is 0.116 e. The Hall–Kier alpha value is -0.410. The largest absolute Gasteiger partial charge is 0.393 e. The molecule has 0 radical (unpaired) electrons. The first-order valence-electron chi connectivity index (χ1n) is 9.13. The molecule has 0 saturated heterocycles. The van der Waals surface area contributed by atoms with Crippen molar-refractivity contribution in [3.05, 3.63) is 11.6 Å². The van der Waals surface area contributed by atoms with Crippen molar-refractivity contribution in [2.24, 2.45) is 34.3 Å². The molecule has 3 N–H and O–H groups in total. The Kier molecular flexibility index (Phi) is 3.30. The number of hydrogen-bond acceptors (Lipinski definition) is 2. The Morgan fingerprint density at radius 1 is 1.23 bits per heavy atom. The van der Waals surface area contributed by atoms with Gasteiger partial charge in [0.05, 0.1) is 6.10 Å². The van der Waals surface area contributed by atoms with E-state index >= 15 is 0 Å². The van der Waals surface area contributed by atoms with E-state index in [1.165, 1.54) is 12.0 Å². The van der Waals surface area contributed by atoms with Gasteiger partial charge in [0.25, 0.3) is 0 Å². The number of aliphatic hydroxyl groups is 1. The summed E-state index contributed by atoms with van der Waals surface area (Å²) in [5.74, 6) is 1.70. The van der Waals surface area contributed by atoms with Crippen LogP contribution in [-0.2, 0) is 0 Å². The molecule has 0 spiro atoms. The molecule has 0 aromatic heterocycles. The number of hydrogen-bond donors (Lipinski definition) is 2. The second kappa shape index (κ2) is 4.80. The lowest BCUT2D eigenvalue weighted by atomic mass is 9.48. The van der Waals surface area contributed by atoms with Crippen molar-refractivity contribution in [1.29, 1.82) is 0 Å². The predicted molar refractivity (Wildman–Crippen MR) is 86.0 cm³/mol. The molecule has 0 heterocycles. The van der Waals surface area contributed by atoms with Gasteiger partial charge in [-0.2, -0.15) is 0 Å². The first kappa shape index (κ1) is 15.1. The highest BCUT2D eigenvalue weighted by Gasteiger charge is 2.60. The summed E-state index contributed by atoms with van der Waals surface area (Å²) in [6.07, 6.45) is 8.29. The fourth-order valence-electron chi connectivity index (χ4n) is 6.65. The van der Waals surface area contributed by atoms with Crippen LogP contribution in [-0.4, -0.2) is 23.4 Å². The highest BCUT2D eigenvalue weighted by atomic mass is 19.1. The minimum atomic E-state index is -0.819. The molecule has 4 rings (SSSR count). The molecule has 0 aromatic carbocycles. The van der Waals surface area contributed by atoms with Gasteiger partial charge < -0.3 is 10.8 Å². The molecule has 3 saturated carbocycles. The zero-order valence-corrected chi connectivity index (χ0v) is 13.9. The first-order valence-corrected chi connectivity index (χ1v) is 9.13. The van der Waals surface area contributed by atoms with Crippen LogP contribution in [0.2, 0.25) is 0 Å². The summed E-state index contributed by atoms with van der Waals surface area (Å²) in [5, 5.41) is 10.0. The van der Waals surface area contributed by atoms with E-state index in [4.69, 9.17) is 5.73 Å². The second-order valence-corrected chi connectivity index (χ2v) is 8.98. The van der Waals surface area contributed by atoms with Crippen LogP contribution < -0.4 is 5.73 Å². The maximum absolute atomic E-state index is 14.3. The van der Waals surface area contributed by atoms with Gasteiger partial charge in [0, 0.05) is 6.04 Å². The molecule has 4 aliphatic carbocycles. The van der Waals surface area contributed by atoms with Crippen LogP contribution in [0.4, 0.5) is 4.39 Å². The average Bonchev–Trinajstić information content (AvgIpc) is 2.72. The summed E-state index contributed by atoms with van der Waals surface area (Å²) in [6.45, 7) is 4.65. The SMILES string of the molecule is C[C@]12CC[C@H]3[C@@H](CC=C4C[C@@H](O)CC[C@@]43C)[C@H]1C[C@@H](F)[C@@H]2N. The fraction of sp³-hybridized carbons (Fsp3) is 0.895. The van der Waals surface area contributed by atoms with Gasteiger partial charge >= 0.3 is 0 Å². The topological polar surface area (TPSA) is 46.2 Å². The van der Waals surface area contributed by atoms with Crippen LogP contribution in [0.25, 0.3) is 0 Å². The van der Waals surface area contributed by atoms with Gasteiger partial charge in [-0.25, -0.2) is 4.39 Å². The third-order valence-electron chi connectivity index (χ3n) is 8.15. The minimum Gasteiger partial charge on any atom is -0.393 e. The molecule has 0 aliphatic heterocycles. The number of fused-ring (bicyclic) bond motifs is 5. The van der Waals surface area contributed by atoms with Crippen LogP contribution in [0.1, 0.15) is 58.8 Å². The molecule has 3 fully saturated rings. The standard InChI is InChI=1S/C19H30FNO/c1-18-7-5-12(22)9-11(18)3-4-13-14(18)6-8-19(2)15(13)10-16(20)17(19)21/h3,12-17,22H,4-10,21H2,1-2H3/t12-,13+,14-,15+,16+,17-,18-,19-/m0/s1. The van der Waals surface area contributed by atoms with Crippen molar-refractivity contribution in [3.8, 4) is 0 Å². The number of aliphatic hydroxyl groups excluding tert-OH is 1. The quantitative estimate of drug-likeness (QED) is 0.672. The van der Waals surface area contributed by atoms with Gasteiger partial charge in [0.15, 0.2) is 0 Å². The molecule has 124 valence electrons. The van der Waals surface area contributed by atoms with E-state index in [0.29, 0.717) is 24.2 Å². The zero-order chi connectivity index (χ0) is 15.7. The summed E-state index contributed by atoms with van der Waals surface area (Å²) in [5.41, 5.74) is 7.96. The third-order valence-corrected chi connectivity index (χ3v) is 8.15. The van der Waals surface area contributed by atoms with Crippen LogP contribution in [0.5, 0.6) is 0 Å². The van der Waals surface area contributed by atoms with E-state index in [9.17, 15) is 9.50 Å². The third kappa shape index (κ3) is 1.84. The summed E-state index contributed by atoms with van der Waals surface area (Å²) >= 11 is 0. The lowest BCUT2D eigenvalue weighted by Gasteiger charge is -2.57. The molecule has 0 aromatic rings. The molecule has 4 aliphatic rings. The Morgan fingerprint density at radius 3 is 2.77 bits per heavy atom. The van der Waals surface area contributed by atoms with Gasteiger partial charge in [-0.05, 0) is 73.5 Å². The smallest absolute Gasteiger partial charge is 0.116 e. The fourth-order valence-corrected chi connectivity index (χ4v) is 6.65. The predicted octanol–water partition coefficient (Wildman–Crippen LogP) is 3.59. The Balaban J connectivity index is 1.68. The Bertz CT molecular complexity index is 506. The highest BCUT2D eigenvalue weighted by Crippen LogP contribution is 2.64. The first-order chi connectivity index (χ1) is 10.4. The second-order valence-electron chi connectivity index (χ2n) is 8.98. The average molecular weight is 307 g/mol. The Morgan fingerprint density at radius 2 is 2.00 bits per heavy atom. The van der Waals surface area contributed by atoms with Gasteiger partial charge in [-0.1, -0.05) is 25.5 Å². The number of halogens is 1. The molecule has 3 heteroatoms. The lowest BCUT2D eigenvalue weighted by Crippen LogP contribution is -2.52. The van der Waals surface area contributed by atoms with Gasteiger partial charge in [-0.15, -0.1) is 0 Å². The number of rotatable bonds is 0. The van der Waals surface area contributed by atoms with Crippen molar-refractivity contribution in [3.63, 3.8) is 0 Å². The van der Waals surface area contributed by atoms with Crippen molar-refractivity contribution in [2.45, 2.75) is 77.1 Å². The summed E-state index contributed by atoms with van der Waals surface area (Å²) in [7, 11) is 0. The van der Waals surface area contributed by atoms with E-state index in [1.54, 1.807) is 0 Å². The molecule has 2 nitrogen and oxygen atoms in total. The van der Waals surface area contributed by atoms with Crippen LogP contribution in [0.3, 0.4) is 0 Å². The normalized spacial score (nSPS) is 57.6. The molecule has 8 atom stereocenters. The van der Waals surface area contributed by atoms with Crippen LogP contribution in [0, 0.1) is 28.6 Å². The zero-order valence-electron chi connectivity index (χ0n) is 13.9. The maximum atomic E-state index is 14.3. The van der Waals surface area contributed by atoms with E-state index < -0.39 is 6.17 Å². The lowest BCUT2D eigenvalue weighted by molar-refractivity contribution is -0.0402. The van der Waals surface area contributed by atoms with Crippen molar-refractivity contribution in [2.75, 3.05) is 0 Å². The van der Waals surface area contributed by atoms with E-state index in [1.807, 2.05) is 0 Å². The van der Waals surface area contributed by atoms with Crippen molar-refractivity contribution in [1.82, 2.24) is 0 Å². The van der Waals surface area contributed by atoms with E-state index in [-0.39, 0.29) is 23.0 Å². The molecular weight excluding hydrogens is 277 g/mol. The number of alkyl halides is 1. The molecule has 0 amide bonds. The monoisotopic (exact) mass is 307 g/mol. The molecule has 0 unspecified atom stereocenters. The molecule has 0 bridgehead atoms. The number of nitrogens with two attached hydrogens (primary N) is 1. The van der Waals surface area contributed by atoms with Crippen molar-refractivity contribution >= 4 is 0 Å². The van der Waals surface area contributed by atoms with Crippen molar-refractivity contribution < 1.29 is 9.50 Å². The van der Waals surface area contributed by atoms with Gasteiger partial charge in [0.2, 0.25) is 0 Å². The summed E-state index contributed by atoms with van der Waals surface area (Å²) in [4.78, 5) is 0. The molecule has 22 heavy (non-hydrogen) atoms. The summed E-state index contributed by atoms with van der Waals surface area (Å²) in [6, 6.07) is -0.273. The van der Waals surface area contributed by atoms with Gasteiger partial charge in [-0.3, -0.25) is 0 Å². The van der Waals surface area contributed by atoms with Crippen LogP contribution >= 0.6 is 0 Å². The number of allylic oxidation sites excluding steroid dienone is 1. The summed E-state index contributed by atoms with van der Waals surface area (Å²) < 4.78 is 14.3. The molecular formula is C19H30FNO.